The van der Waals surface area contributed by atoms with Gasteiger partial charge in [-0.3, -0.25) is 14.3 Å². The average molecular weight is 264 g/mol. The summed E-state index contributed by atoms with van der Waals surface area (Å²) in [5.41, 5.74) is 0.650. The van der Waals surface area contributed by atoms with Crippen LogP contribution in [0.1, 0.15) is 11.7 Å². The first kappa shape index (κ1) is 13.5. The molecule has 0 fully saturated rings. The van der Waals surface area contributed by atoms with Gasteiger partial charge in [0.1, 0.15) is 0 Å². The van der Waals surface area contributed by atoms with Crippen LogP contribution in [0.5, 0.6) is 5.75 Å². The molecule has 2 rings (SSSR count). The predicted molar refractivity (Wildman–Crippen MR) is 72.2 cm³/mol. The number of fused-ring (bicyclic) bond motifs is 1. The highest BCUT2D eigenvalue weighted by Crippen LogP contribution is 2.25. The van der Waals surface area contributed by atoms with E-state index < -0.39 is 5.82 Å². The summed E-state index contributed by atoms with van der Waals surface area (Å²) in [5, 5.41) is 0.678. The van der Waals surface area contributed by atoms with Crippen LogP contribution in [-0.4, -0.2) is 42.6 Å². The Morgan fingerprint density at radius 3 is 2.68 bits per heavy atom. The summed E-state index contributed by atoms with van der Waals surface area (Å²) in [7, 11) is 5.09. The summed E-state index contributed by atoms with van der Waals surface area (Å²) in [6, 6.07) is 4.38. The van der Waals surface area contributed by atoms with Crippen LogP contribution in [0.4, 0.5) is 4.39 Å². The standard InChI is InChI=1S/C14H17FN2O2/c1-9(16(2)3)14(18)17-6-5-10-7-11(15)13(19-4)8-12(10)17/h5-9H,1-4H3. The molecule has 19 heavy (non-hydrogen) atoms. The second-order valence-electron chi connectivity index (χ2n) is 4.71. The van der Waals surface area contributed by atoms with E-state index in [0.29, 0.717) is 10.9 Å². The first-order valence-corrected chi connectivity index (χ1v) is 6.01. The van der Waals surface area contributed by atoms with Crippen LogP contribution >= 0.6 is 0 Å². The lowest BCUT2D eigenvalue weighted by atomic mass is 10.2. The van der Waals surface area contributed by atoms with E-state index in [-0.39, 0.29) is 17.7 Å². The third kappa shape index (κ3) is 2.33. The third-order valence-electron chi connectivity index (χ3n) is 3.33. The van der Waals surface area contributed by atoms with Crippen molar-refractivity contribution in [3.05, 3.63) is 30.2 Å². The van der Waals surface area contributed by atoms with E-state index in [4.69, 9.17) is 4.74 Å². The second kappa shape index (κ2) is 5.01. The van der Waals surface area contributed by atoms with Gasteiger partial charge >= 0.3 is 0 Å². The van der Waals surface area contributed by atoms with Crippen molar-refractivity contribution in [2.75, 3.05) is 21.2 Å². The molecule has 0 aliphatic carbocycles. The van der Waals surface area contributed by atoms with Gasteiger partial charge in [-0.1, -0.05) is 0 Å². The van der Waals surface area contributed by atoms with Gasteiger partial charge in [0.05, 0.1) is 18.7 Å². The molecule has 1 atom stereocenters. The van der Waals surface area contributed by atoms with Crippen LogP contribution in [-0.2, 0) is 0 Å². The zero-order chi connectivity index (χ0) is 14.2. The molecule has 0 aliphatic rings. The van der Waals surface area contributed by atoms with Gasteiger partial charge in [0.15, 0.2) is 11.6 Å². The quantitative estimate of drug-likeness (QED) is 0.853. The van der Waals surface area contributed by atoms with Crippen LogP contribution in [0.2, 0.25) is 0 Å². The number of halogens is 1. The SMILES string of the molecule is COc1cc2c(ccn2C(=O)C(C)N(C)C)cc1F. The molecular formula is C14H17FN2O2. The molecule has 0 saturated heterocycles. The zero-order valence-electron chi connectivity index (χ0n) is 11.5. The zero-order valence-corrected chi connectivity index (χ0v) is 11.5. The molecule has 102 valence electrons. The molecule has 0 bridgehead atoms. The summed E-state index contributed by atoms with van der Waals surface area (Å²) in [4.78, 5) is 14.2. The molecule has 1 aromatic heterocycles. The molecule has 0 N–H and O–H groups in total. The number of methoxy groups -OCH3 is 1. The van der Waals surface area contributed by atoms with E-state index >= 15 is 0 Å². The van der Waals surface area contributed by atoms with E-state index in [1.807, 2.05) is 25.9 Å². The predicted octanol–water partition coefficient (Wildman–Crippen LogP) is 2.38. The van der Waals surface area contributed by atoms with Crippen molar-refractivity contribution in [2.45, 2.75) is 13.0 Å². The summed E-state index contributed by atoms with van der Waals surface area (Å²) in [5.74, 6) is -0.354. The molecule has 0 radical (unpaired) electrons. The minimum absolute atomic E-state index is 0.0614. The highest BCUT2D eigenvalue weighted by molar-refractivity contribution is 5.95. The number of aromatic nitrogens is 1. The minimum atomic E-state index is -0.430. The van der Waals surface area contributed by atoms with Crippen molar-refractivity contribution < 1.29 is 13.9 Å². The molecular weight excluding hydrogens is 247 g/mol. The maximum Gasteiger partial charge on any atom is 0.248 e. The second-order valence-corrected chi connectivity index (χ2v) is 4.71. The molecule has 0 amide bonds. The Balaban J connectivity index is 2.53. The topological polar surface area (TPSA) is 34.5 Å². The summed E-state index contributed by atoms with van der Waals surface area (Å²) in [6.07, 6.45) is 1.66. The Morgan fingerprint density at radius 2 is 2.11 bits per heavy atom. The number of benzene rings is 1. The first-order chi connectivity index (χ1) is 8.95. The number of hydrogen-bond acceptors (Lipinski definition) is 3. The van der Waals surface area contributed by atoms with E-state index in [0.717, 1.165) is 0 Å². The van der Waals surface area contributed by atoms with E-state index in [2.05, 4.69) is 0 Å². The van der Waals surface area contributed by atoms with Crippen molar-refractivity contribution in [1.82, 2.24) is 9.47 Å². The number of likely N-dealkylation sites (N-methyl/N-ethyl adjacent to an activating group) is 1. The number of hydrogen-bond donors (Lipinski definition) is 0. The maximum absolute atomic E-state index is 13.6. The van der Waals surface area contributed by atoms with Gasteiger partial charge in [-0.05, 0) is 33.2 Å². The van der Waals surface area contributed by atoms with Gasteiger partial charge in [0.25, 0.3) is 0 Å². The fourth-order valence-electron chi connectivity index (χ4n) is 1.91. The summed E-state index contributed by atoms with van der Waals surface area (Å²) >= 11 is 0. The fraction of sp³-hybridized carbons (Fsp3) is 0.357. The molecule has 0 spiro atoms. The Bertz CT molecular complexity index is 619. The lowest BCUT2D eigenvalue weighted by molar-refractivity contribution is 0.0809. The Morgan fingerprint density at radius 1 is 1.42 bits per heavy atom. The highest BCUT2D eigenvalue weighted by atomic mass is 19.1. The number of nitrogens with zero attached hydrogens (tertiary/aromatic N) is 2. The molecule has 0 aliphatic heterocycles. The number of carbonyl (C=O) groups excluding carboxylic acids is 1. The molecule has 1 unspecified atom stereocenters. The Labute approximate surface area is 111 Å². The number of ether oxygens (including phenoxy) is 1. The van der Waals surface area contributed by atoms with Crippen molar-refractivity contribution in [3.63, 3.8) is 0 Å². The van der Waals surface area contributed by atoms with Gasteiger partial charge in [0.2, 0.25) is 5.91 Å². The molecule has 0 saturated carbocycles. The smallest absolute Gasteiger partial charge is 0.248 e. The van der Waals surface area contributed by atoms with Gasteiger partial charge < -0.3 is 4.74 Å². The maximum atomic E-state index is 13.6. The Hall–Kier alpha value is -1.88. The van der Waals surface area contributed by atoms with E-state index in [9.17, 15) is 9.18 Å². The van der Waals surface area contributed by atoms with Crippen LogP contribution < -0.4 is 4.74 Å². The van der Waals surface area contributed by atoms with Crippen LogP contribution in [0, 0.1) is 5.82 Å². The summed E-state index contributed by atoms with van der Waals surface area (Å²) < 4.78 is 20.1. The molecule has 5 heteroatoms. The lowest BCUT2D eigenvalue weighted by Crippen LogP contribution is -2.36. The number of rotatable bonds is 3. The van der Waals surface area contributed by atoms with Crippen molar-refractivity contribution in [3.8, 4) is 5.75 Å². The highest BCUT2D eigenvalue weighted by Gasteiger charge is 2.19. The van der Waals surface area contributed by atoms with Gasteiger partial charge in [0, 0.05) is 17.6 Å². The fourth-order valence-corrected chi connectivity index (χ4v) is 1.91. The van der Waals surface area contributed by atoms with Crippen LogP contribution in [0.15, 0.2) is 24.4 Å². The number of carbonyl (C=O) groups is 1. The van der Waals surface area contributed by atoms with Crippen molar-refractivity contribution in [1.29, 1.82) is 0 Å². The van der Waals surface area contributed by atoms with Crippen molar-refractivity contribution >= 4 is 16.8 Å². The van der Waals surface area contributed by atoms with Gasteiger partial charge in [-0.15, -0.1) is 0 Å². The van der Waals surface area contributed by atoms with Crippen molar-refractivity contribution in [2.24, 2.45) is 0 Å². The lowest BCUT2D eigenvalue weighted by Gasteiger charge is -2.19. The Kier molecular flexibility index (Phi) is 3.57. The summed E-state index contributed by atoms with van der Waals surface area (Å²) in [6.45, 7) is 1.83. The van der Waals surface area contributed by atoms with Crippen LogP contribution in [0.25, 0.3) is 10.9 Å². The third-order valence-corrected chi connectivity index (χ3v) is 3.33. The molecule has 2 aromatic rings. The average Bonchev–Trinajstić information content (AvgIpc) is 2.78. The largest absolute Gasteiger partial charge is 0.494 e. The molecule has 1 heterocycles. The minimum Gasteiger partial charge on any atom is -0.494 e. The normalized spacial score (nSPS) is 12.9. The monoisotopic (exact) mass is 264 g/mol. The van der Waals surface area contributed by atoms with Gasteiger partial charge in [-0.2, -0.15) is 0 Å². The van der Waals surface area contributed by atoms with E-state index in [1.54, 1.807) is 18.3 Å². The van der Waals surface area contributed by atoms with E-state index in [1.165, 1.54) is 17.7 Å². The first-order valence-electron chi connectivity index (χ1n) is 6.01. The van der Waals surface area contributed by atoms with Gasteiger partial charge in [-0.25, -0.2) is 4.39 Å². The van der Waals surface area contributed by atoms with Crippen LogP contribution in [0.3, 0.4) is 0 Å². The molecule has 4 nitrogen and oxygen atoms in total. The molecule has 1 aromatic carbocycles.